The van der Waals surface area contributed by atoms with Crippen LogP contribution in [-0.2, 0) is 4.79 Å². The molecule has 2 heterocycles. The first-order chi connectivity index (χ1) is 17.3. The number of benzene rings is 1. The fourth-order valence-electron chi connectivity index (χ4n) is 4.84. The van der Waals surface area contributed by atoms with Crippen LogP contribution in [0, 0.1) is 23.6 Å². The van der Waals surface area contributed by atoms with Gasteiger partial charge in [0.2, 0.25) is 5.91 Å². The van der Waals surface area contributed by atoms with Crippen molar-refractivity contribution in [2.75, 3.05) is 5.32 Å². The predicted molar refractivity (Wildman–Crippen MR) is 146 cm³/mol. The Balaban J connectivity index is 1.95. The van der Waals surface area contributed by atoms with Crippen LogP contribution in [0.25, 0.3) is 0 Å². The zero-order valence-electron chi connectivity index (χ0n) is 21.1. The van der Waals surface area contributed by atoms with Crippen molar-refractivity contribution in [2.45, 2.75) is 65.1 Å². The van der Waals surface area contributed by atoms with Gasteiger partial charge < -0.3 is 5.32 Å². The number of hydrogen-bond donors (Lipinski definition) is 1. The van der Waals surface area contributed by atoms with Gasteiger partial charge in [0, 0.05) is 28.6 Å². The van der Waals surface area contributed by atoms with Gasteiger partial charge in [-0.15, -0.1) is 5.92 Å². The second kappa shape index (κ2) is 13.1. The first-order valence-electron chi connectivity index (χ1n) is 12.2. The van der Waals surface area contributed by atoms with Crippen LogP contribution in [0.2, 0.25) is 5.02 Å². The number of halogens is 3. The lowest BCUT2D eigenvalue weighted by Crippen LogP contribution is -2.41. The van der Waals surface area contributed by atoms with E-state index in [9.17, 15) is 9.18 Å². The molecule has 7 heteroatoms. The predicted octanol–water partition coefficient (Wildman–Crippen LogP) is 7.53. The lowest BCUT2D eigenvalue weighted by atomic mass is 9.92. The molecule has 0 bridgehead atoms. The maximum absolute atomic E-state index is 13.2. The minimum atomic E-state index is -0.446. The Kier molecular flexibility index (Phi) is 10.1. The summed E-state index contributed by atoms with van der Waals surface area (Å²) >= 11 is 13.5. The molecular weight excluding hydrogens is 496 g/mol. The Hall–Kier alpha value is -2.65. The average molecular weight is 528 g/mol. The summed E-state index contributed by atoms with van der Waals surface area (Å²) < 4.78 is 13.2. The van der Waals surface area contributed by atoms with Gasteiger partial charge in [-0.1, -0.05) is 66.4 Å². The SMILES string of the molecule is CC#C/C(Cl)=C(\C=C/C)C(c1ccccc1Cl)N1C(C)CCC1CC(C)C(=O)Nc1ccc(F)cn1. The summed E-state index contributed by atoms with van der Waals surface area (Å²) in [5.74, 6) is 5.37. The highest BCUT2D eigenvalue weighted by Gasteiger charge is 2.40. The minimum absolute atomic E-state index is 0.113. The van der Waals surface area contributed by atoms with Crippen molar-refractivity contribution in [3.05, 3.63) is 81.8 Å². The molecule has 2 aromatic rings. The number of hydrogen-bond acceptors (Lipinski definition) is 3. The molecule has 3 rings (SSSR count). The number of aromatic nitrogens is 1. The fraction of sp³-hybridized carbons (Fsp3) is 0.379. The van der Waals surface area contributed by atoms with Gasteiger partial charge in [0.05, 0.1) is 17.3 Å². The highest BCUT2D eigenvalue weighted by Crippen LogP contribution is 2.43. The van der Waals surface area contributed by atoms with Crippen LogP contribution in [0.5, 0.6) is 0 Å². The van der Waals surface area contributed by atoms with Gasteiger partial charge in [-0.25, -0.2) is 9.37 Å². The van der Waals surface area contributed by atoms with Crippen LogP contribution in [0.15, 0.2) is 65.4 Å². The molecule has 0 radical (unpaired) electrons. The van der Waals surface area contributed by atoms with Crippen molar-refractivity contribution in [3.8, 4) is 11.8 Å². The van der Waals surface area contributed by atoms with Crippen LogP contribution in [0.3, 0.4) is 0 Å². The van der Waals surface area contributed by atoms with Gasteiger partial charge >= 0.3 is 0 Å². The molecule has 4 nitrogen and oxygen atoms in total. The lowest BCUT2D eigenvalue weighted by molar-refractivity contribution is -0.120. The van der Waals surface area contributed by atoms with E-state index < -0.39 is 5.82 Å². The molecule has 1 saturated heterocycles. The van der Waals surface area contributed by atoms with Crippen LogP contribution in [-0.4, -0.2) is 27.9 Å². The maximum atomic E-state index is 13.2. The van der Waals surface area contributed by atoms with Crippen molar-refractivity contribution >= 4 is 34.9 Å². The smallest absolute Gasteiger partial charge is 0.228 e. The second-order valence-corrected chi connectivity index (χ2v) is 9.87. The number of carbonyl (C=O) groups is 1. The standard InChI is InChI=1S/C29H32Cl2FN3O/c1-5-9-23(25(30)10-6-2)28(24-11-7-8-12-26(24)31)35-20(4)13-15-22(35)17-19(3)29(36)34-27-16-14-21(32)18-33-27/h5,7-9,11-12,14,16,18-20,22,28H,13,15,17H2,1-4H3,(H,33,34,36)/b9-5-,25-23-. The monoisotopic (exact) mass is 527 g/mol. The van der Waals surface area contributed by atoms with Crippen LogP contribution >= 0.6 is 23.2 Å². The summed E-state index contributed by atoms with van der Waals surface area (Å²) in [6, 6.07) is 10.7. The number of rotatable bonds is 8. The van der Waals surface area contributed by atoms with Crippen molar-refractivity contribution in [1.29, 1.82) is 0 Å². The van der Waals surface area contributed by atoms with Crippen molar-refractivity contribution in [3.63, 3.8) is 0 Å². The zero-order valence-corrected chi connectivity index (χ0v) is 22.6. The van der Waals surface area contributed by atoms with E-state index in [1.807, 2.05) is 50.3 Å². The normalized spacial score (nSPS) is 20.4. The lowest BCUT2D eigenvalue weighted by Gasteiger charge is -2.38. The third-order valence-electron chi connectivity index (χ3n) is 6.53. The summed E-state index contributed by atoms with van der Waals surface area (Å²) in [6.45, 7) is 7.82. The Labute approximate surface area is 223 Å². The fourth-order valence-corrected chi connectivity index (χ4v) is 5.34. The van der Waals surface area contributed by atoms with Crippen LogP contribution in [0.4, 0.5) is 10.2 Å². The topological polar surface area (TPSA) is 45.2 Å². The summed E-state index contributed by atoms with van der Waals surface area (Å²) in [5, 5.41) is 3.94. The molecule has 0 aliphatic carbocycles. The number of nitrogens with zero attached hydrogens (tertiary/aromatic N) is 2. The van der Waals surface area contributed by atoms with E-state index in [0.29, 0.717) is 22.3 Å². The molecule has 1 aromatic carbocycles. The highest BCUT2D eigenvalue weighted by atomic mass is 35.5. The third-order valence-corrected chi connectivity index (χ3v) is 7.18. The van der Waals surface area contributed by atoms with Gasteiger partial charge in [0.1, 0.15) is 11.6 Å². The van der Waals surface area contributed by atoms with Crippen molar-refractivity contribution < 1.29 is 9.18 Å². The summed E-state index contributed by atoms with van der Waals surface area (Å²) in [6.07, 6.45) is 7.61. The number of amides is 1. The average Bonchev–Trinajstić information content (AvgIpc) is 3.20. The number of anilines is 1. The molecule has 4 atom stereocenters. The molecule has 4 unspecified atom stereocenters. The molecule has 1 aliphatic heterocycles. The first kappa shape index (κ1) is 27.9. The third kappa shape index (κ3) is 6.76. The minimum Gasteiger partial charge on any atom is -0.310 e. The van der Waals surface area contributed by atoms with E-state index in [-0.39, 0.29) is 30.0 Å². The van der Waals surface area contributed by atoms with Crippen LogP contribution < -0.4 is 5.32 Å². The Morgan fingerprint density at radius 1 is 1.31 bits per heavy atom. The molecule has 190 valence electrons. The van der Waals surface area contributed by atoms with E-state index in [2.05, 4.69) is 34.0 Å². The summed E-state index contributed by atoms with van der Waals surface area (Å²) in [7, 11) is 0. The Morgan fingerprint density at radius 2 is 2.06 bits per heavy atom. The molecule has 0 saturated carbocycles. The molecule has 1 fully saturated rings. The Bertz CT molecular complexity index is 1180. The highest BCUT2D eigenvalue weighted by molar-refractivity contribution is 6.33. The van der Waals surface area contributed by atoms with Crippen molar-refractivity contribution in [2.24, 2.45) is 5.92 Å². The number of nitrogens with one attached hydrogen (secondary N) is 1. The molecular formula is C29H32Cl2FN3O. The van der Waals surface area contributed by atoms with E-state index in [1.165, 1.54) is 12.1 Å². The van der Waals surface area contributed by atoms with Crippen molar-refractivity contribution in [1.82, 2.24) is 9.88 Å². The molecule has 1 N–H and O–H groups in total. The van der Waals surface area contributed by atoms with Gasteiger partial charge in [0.15, 0.2) is 0 Å². The molecule has 1 amide bonds. The maximum Gasteiger partial charge on any atom is 0.228 e. The molecule has 1 aliphatic rings. The molecule has 1 aromatic heterocycles. The second-order valence-electron chi connectivity index (χ2n) is 9.08. The van der Waals surface area contributed by atoms with E-state index >= 15 is 0 Å². The van der Waals surface area contributed by atoms with Crippen LogP contribution in [0.1, 0.15) is 58.6 Å². The summed E-state index contributed by atoms with van der Waals surface area (Å²) in [5.41, 5.74) is 1.84. The number of allylic oxidation sites excluding steroid dienone is 2. The molecule has 0 spiro atoms. The number of carbonyl (C=O) groups excluding carboxylic acids is 1. The van der Waals surface area contributed by atoms with Gasteiger partial charge in [-0.2, -0.15) is 0 Å². The van der Waals surface area contributed by atoms with E-state index in [1.54, 1.807) is 6.92 Å². The van der Waals surface area contributed by atoms with Gasteiger partial charge in [-0.05, 0) is 63.8 Å². The van der Waals surface area contributed by atoms with E-state index in [4.69, 9.17) is 23.2 Å². The zero-order chi connectivity index (χ0) is 26.2. The van der Waals surface area contributed by atoms with Gasteiger partial charge in [-0.3, -0.25) is 9.69 Å². The number of likely N-dealkylation sites (tertiary alicyclic amines) is 1. The quantitative estimate of drug-likeness (QED) is 0.285. The van der Waals surface area contributed by atoms with Gasteiger partial charge in [0.25, 0.3) is 0 Å². The molecule has 36 heavy (non-hydrogen) atoms. The summed E-state index contributed by atoms with van der Waals surface area (Å²) in [4.78, 5) is 19.3. The Morgan fingerprint density at radius 3 is 2.69 bits per heavy atom. The largest absolute Gasteiger partial charge is 0.310 e. The first-order valence-corrected chi connectivity index (χ1v) is 12.9. The number of pyridine rings is 1. The van der Waals surface area contributed by atoms with E-state index in [0.717, 1.165) is 30.2 Å².